The van der Waals surface area contributed by atoms with Gasteiger partial charge < -0.3 is 4.74 Å². The number of nitrogens with zero attached hydrogens (tertiary/aromatic N) is 4. The molecule has 0 saturated carbocycles. The zero-order valence-corrected chi connectivity index (χ0v) is 12.6. The van der Waals surface area contributed by atoms with Gasteiger partial charge in [-0.3, -0.25) is 0 Å². The number of hydrogen-bond donors (Lipinski definition) is 0. The third-order valence-electron chi connectivity index (χ3n) is 3.43. The van der Waals surface area contributed by atoms with Gasteiger partial charge in [0.05, 0.1) is 30.2 Å². The summed E-state index contributed by atoms with van der Waals surface area (Å²) in [6, 6.07) is 13.0. The molecule has 0 atom stereocenters. The fourth-order valence-electron chi connectivity index (χ4n) is 2.40. The van der Waals surface area contributed by atoms with Gasteiger partial charge in [0.2, 0.25) is 0 Å². The molecule has 3 rings (SSSR count). The van der Waals surface area contributed by atoms with Gasteiger partial charge in [-0.05, 0) is 30.7 Å². The average molecular weight is 306 g/mol. The van der Waals surface area contributed by atoms with Crippen molar-refractivity contribution in [2.45, 2.75) is 13.5 Å². The molecule has 0 bridgehead atoms. The van der Waals surface area contributed by atoms with E-state index in [2.05, 4.69) is 16.2 Å². The fraction of sp³-hybridized carbons (Fsp3) is 0.176. The number of nitriles is 1. The summed E-state index contributed by atoms with van der Waals surface area (Å²) in [5, 5.41) is 14.2. The summed E-state index contributed by atoms with van der Waals surface area (Å²) in [4.78, 5) is 16.4. The number of pyridine rings is 1. The molecule has 6 heteroatoms. The van der Waals surface area contributed by atoms with E-state index < -0.39 is 5.97 Å². The molecule has 0 radical (unpaired) electrons. The van der Waals surface area contributed by atoms with Crippen molar-refractivity contribution < 1.29 is 9.53 Å². The molecule has 0 N–H and O–H groups in total. The van der Waals surface area contributed by atoms with Crippen molar-refractivity contribution in [2.75, 3.05) is 6.61 Å². The van der Waals surface area contributed by atoms with Crippen LogP contribution >= 0.6 is 0 Å². The molecular weight excluding hydrogens is 292 g/mol. The maximum Gasteiger partial charge on any atom is 0.359 e. The highest BCUT2D eigenvalue weighted by Gasteiger charge is 2.19. The number of hydrogen-bond acceptors (Lipinski definition) is 5. The van der Waals surface area contributed by atoms with Crippen LogP contribution in [-0.4, -0.2) is 27.3 Å². The Hall–Kier alpha value is -3.20. The molecule has 0 saturated heterocycles. The number of aromatic nitrogens is 3. The van der Waals surface area contributed by atoms with E-state index in [0.29, 0.717) is 23.1 Å². The number of carbonyl (C=O) groups is 1. The summed E-state index contributed by atoms with van der Waals surface area (Å²) < 4.78 is 6.67. The first-order valence-electron chi connectivity index (χ1n) is 7.21. The SMILES string of the molecule is CCOC(=O)c1nn(Cc2ccccc2C#N)c2ncccc12. The van der Waals surface area contributed by atoms with Gasteiger partial charge in [0.15, 0.2) is 11.3 Å². The quantitative estimate of drug-likeness (QED) is 0.692. The standard InChI is InChI=1S/C17H14N4O2/c1-2-23-17(22)15-14-8-5-9-19-16(14)21(20-15)11-13-7-4-3-6-12(13)10-18/h3-9H,2,11H2,1H3. The Labute approximate surface area is 132 Å². The number of carbonyl (C=O) groups excluding carboxylic acids is 1. The van der Waals surface area contributed by atoms with Crippen LogP contribution in [0, 0.1) is 11.3 Å². The van der Waals surface area contributed by atoms with Crippen LogP contribution < -0.4 is 0 Å². The lowest BCUT2D eigenvalue weighted by Crippen LogP contribution is -2.08. The maximum atomic E-state index is 12.1. The number of ether oxygens (including phenoxy) is 1. The van der Waals surface area contributed by atoms with Crippen molar-refractivity contribution in [2.24, 2.45) is 0 Å². The zero-order valence-electron chi connectivity index (χ0n) is 12.6. The fourth-order valence-corrected chi connectivity index (χ4v) is 2.40. The van der Waals surface area contributed by atoms with Crippen LogP contribution in [0.2, 0.25) is 0 Å². The minimum Gasteiger partial charge on any atom is -0.461 e. The molecule has 2 heterocycles. The van der Waals surface area contributed by atoms with Gasteiger partial charge in [0, 0.05) is 6.20 Å². The largest absolute Gasteiger partial charge is 0.461 e. The van der Waals surface area contributed by atoms with E-state index in [9.17, 15) is 10.1 Å². The van der Waals surface area contributed by atoms with Crippen LogP contribution in [0.1, 0.15) is 28.5 Å². The molecule has 0 aliphatic heterocycles. The second-order valence-electron chi connectivity index (χ2n) is 4.87. The minimum atomic E-state index is -0.474. The van der Waals surface area contributed by atoms with E-state index in [1.807, 2.05) is 18.2 Å². The lowest BCUT2D eigenvalue weighted by molar-refractivity contribution is 0.0520. The molecule has 1 aromatic carbocycles. The number of benzene rings is 1. The molecule has 0 unspecified atom stereocenters. The van der Waals surface area contributed by atoms with Crippen molar-refractivity contribution in [3.8, 4) is 6.07 Å². The molecule has 0 aliphatic rings. The van der Waals surface area contributed by atoms with Crippen LogP contribution in [0.5, 0.6) is 0 Å². The normalized spacial score (nSPS) is 10.4. The molecule has 0 fully saturated rings. The Balaban J connectivity index is 2.08. The highest BCUT2D eigenvalue weighted by atomic mass is 16.5. The molecule has 6 nitrogen and oxygen atoms in total. The maximum absolute atomic E-state index is 12.1. The number of rotatable bonds is 4. The van der Waals surface area contributed by atoms with E-state index >= 15 is 0 Å². The summed E-state index contributed by atoms with van der Waals surface area (Å²) in [6.45, 7) is 2.39. The van der Waals surface area contributed by atoms with E-state index in [0.717, 1.165) is 5.56 Å². The van der Waals surface area contributed by atoms with Gasteiger partial charge in [-0.1, -0.05) is 18.2 Å². The number of fused-ring (bicyclic) bond motifs is 1. The van der Waals surface area contributed by atoms with Crippen LogP contribution in [0.25, 0.3) is 11.0 Å². The van der Waals surface area contributed by atoms with Crippen LogP contribution in [0.15, 0.2) is 42.6 Å². The molecule has 114 valence electrons. The predicted molar refractivity (Wildman–Crippen MR) is 83.7 cm³/mol. The third kappa shape index (κ3) is 2.77. The van der Waals surface area contributed by atoms with E-state index in [-0.39, 0.29) is 12.3 Å². The molecule has 23 heavy (non-hydrogen) atoms. The van der Waals surface area contributed by atoms with Crippen molar-refractivity contribution in [1.29, 1.82) is 5.26 Å². The Morgan fingerprint density at radius 3 is 2.91 bits per heavy atom. The topological polar surface area (TPSA) is 80.8 Å². The number of esters is 1. The van der Waals surface area contributed by atoms with Gasteiger partial charge >= 0.3 is 5.97 Å². The summed E-state index contributed by atoms with van der Waals surface area (Å²) in [5.74, 6) is -0.474. The molecular formula is C17H14N4O2. The Morgan fingerprint density at radius 1 is 1.30 bits per heavy atom. The molecule has 0 spiro atoms. The monoisotopic (exact) mass is 306 g/mol. The predicted octanol–water partition coefficient (Wildman–Crippen LogP) is 2.53. The van der Waals surface area contributed by atoms with Crippen LogP contribution in [0.3, 0.4) is 0 Å². The van der Waals surface area contributed by atoms with Gasteiger partial charge in [0.25, 0.3) is 0 Å². The van der Waals surface area contributed by atoms with Gasteiger partial charge in [-0.2, -0.15) is 10.4 Å². The molecule has 0 aliphatic carbocycles. The average Bonchev–Trinajstić information content (AvgIpc) is 2.95. The Morgan fingerprint density at radius 2 is 2.13 bits per heavy atom. The van der Waals surface area contributed by atoms with Gasteiger partial charge in [0.1, 0.15) is 0 Å². The zero-order chi connectivity index (χ0) is 16.2. The van der Waals surface area contributed by atoms with Crippen molar-refractivity contribution >= 4 is 17.0 Å². The molecule has 2 aromatic heterocycles. The second kappa shape index (κ2) is 6.28. The summed E-state index contributed by atoms with van der Waals surface area (Å²) in [7, 11) is 0. The van der Waals surface area contributed by atoms with E-state index in [4.69, 9.17) is 4.74 Å². The second-order valence-corrected chi connectivity index (χ2v) is 4.87. The molecule has 3 aromatic rings. The summed E-state index contributed by atoms with van der Waals surface area (Å²) >= 11 is 0. The lowest BCUT2D eigenvalue weighted by atomic mass is 10.1. The highest BCUT2D eigenvalue weighted by Crippen LogP contribution is 2.19. The first-order chi connectivity index (χ1) is 11.2. The van der Waals surface area contributed by atoms with Gasteiger partial charge in [-0.25, -0.2) is 14.5 Å². The van der Waals surface area contributed by atoms with E-state index in [1.54, 1.807) is 36.0 Å². The van der Waals surface area contributed by atoms with Crippen LogP contribution in [0.4, 0.5) is 0 Å². The Kier molecular flexibility index (Phi) is 4.02. The van der Waals surface area contributed by atoms with Crippen LogP contribution in [-0.2, 0) is 11.3 Å². The Bertz CT molecular complexity index is 908. The van der Waals surface area contributed by atoms with Crippen molar-refractivity contribution in [1.82, 2.24) is 14.8 Å². The summed E-state index contributed by atoms with van der Waals surface area (Å²) in [5.41, 5.74) is 2.22. The third-order valence-corrected chi connectivity index (χ3v) is 3.43. The minimum absolute atomic E-state index is 0.240. The summed E-state index contributed by atoms with van der Waals surface area (Å²) in [6.07, 6.45) is 1.64. The van der Waals surface area contributed by atoms with Gasteiger partial charge in [-0.15, -0.1) is 0 Å². The highest BCUT2D eigenvalue weighted by molar-refractivity contribution is 6.01. The molecule has 0 amide bonds. The smallest absolute Gasteiger partial charge is 0.359 e. The van der Waals surface area contributed by atoms with Crippen molar-refractivity contribution in [3.05, 3.63) is 59.4 Å². The van der Waals surface area contributed by atoms with E-state index in [1.165, 1.54) is 0 Å². The lowest BCUT2D eigenvalue weighted by Gasteiger charge is -2.04. The van der Waals surface area contributed by atoms with Crippen molar-refractivity contribution in [3.63, 3.8) is 0 Å². The first kappa shape index (κ1) is 14.7. The first-order valence-corrected chi connectivity index (χ1v) is 7.21.